The van der Waals surface area contributed by atoms with E-state index in [1.807, 2.05) is 23.1 Å². The Morgan fingerprint density at radius 1 is 0.771 bits per heavy atom. The first-order valence-corrected chi connectivity index (χ1v) is 14.6. The van der Waals surface area contributed by atoms with Crippen molar-refractivity contribution in [1.29, 1.82) is 0 Å². The van der Waals surface area contributed by atoms with Gasteiger partial charge in [-0.2, -0.15) is 0 Å². The van der Waals surface area contributed by atoms with E-state index in [2.05, 4.69) is 17.6 Å². The topological polar surface area (TPSA) is 61.4 Å². The highest BCUT2D eigenvalue weighted by Crippen LogP contribution is 2.16. The second-order valence-electron chi connectivity index (χ2n) is 10.3. The van der Waals surface area contributed by atoms with E-state index in [0.29, 0.717) is 17.8 Å². The van der Waals surface area contributed by atoms with Crippen LogP contribution in [0.1, 0.15) is 126 Å². The van der Waals surface area contributed by atoms with Crippen LogP contribution in [-0.2, 0) is 4.79 Å². The van der Waals surface area contributed by atoms with Crippen LogP contribution in [0.4, 0.5) is 5.69 Å². The van der Waals surface area contributed by atoms with Gasteiger partial charge in [-0.25, -0.2) is 0 Å². The van der Waals surface area contributed by atoms with Crippen LogP contribution in [0.25, 0.3) is 0 Å². The summed E-state index contributed by atoms with van der Waals surface area (Å²) in [5, 5.41) is 6.17. The minimum absolute atomic E-state index is 0.0575. The lowest BCUT2D eigenvalue weighted by Crippen LogP contribution is -2.35. The normalized spacial score (nSPS) is 13.7. The average Bonchev–Trinajstić information content (AvgIpc) is 2.88. The van der Waals surface area contributed by atoms with Crippen molar-refractivity contribution in [3.8, 4) is 0 Å². The van der Waals surface area contributed by atoms with E-state index < -0.39 is 0 Å². The number of rotatable bonds is 19. The summed E-state index contributed by atoms with van der Waals surface area (Å²) in [6.07, 6.45) is 22.3. The van der Waals surface area contributed by atoms with Gasteiger partial charge in [0.1, 0.15) is 0 Å². The van der Waals surface area contributed by atoms with Gasteiger partial charge in [0.15, 0.2) is 0 Å². The van der Waals surface area contributed by atoms with Crippen LogP contribution in [-0.4, -0.2) is 42.9 Å². The minimum Gasteiger partial charge on any atom is -0.339 e. The van der Waals surface area contributed by atoms with E-state index in [9.17, 15) is 9.59 Å². The number of likely N-dealkylation sites (tertiary alicyclic amines) is 1. The predicted molar refractivity (Wildman–Crippen MR) is 148 cm³/mol. The highest BCUT2D eigenvalue weighted by atomic mass is 16.2. The van der Waals surface area contributed by atoms with Crippen LogP contribution in [0.15, 0.2) is 24.3 Å². The van der Waals surface area contributed by atoms with Gasteiger partial charge in [0, 0.05) is 24.3 Å². The molecule has 1 aliphatic heterocycles. The fourth-order valence-electron chi connectivity index (χ4n) is 4.86. The molecular formula is C30H51N3O2. The molecule has 1 heterocycles. The van der Waals surface area contributed by atoms with Crippen LogP contribution in [0.3, 0.4) is 0 Å². The van der Waals surface area contributed by atoms with Crippen molar-refractivity contribution < 1.29 is 9.59 Å². The Bertz CT molecular complexity index is 701. The van der Waals surface area contributed by atoms with E-state index in [1.54, 1.807) is 6.07 Å². The second-order valence-corrected chi connectivity index (χ2v) is 10.3. The number of anilines is 1. The third kappa shape index (κ3) is 13.7. The lowest BCUT2D eigenvalue weighted by atomic mass is 10.0. The van der Waals surface area contributed by atoms with Gasteiger partial charge < -0.3 is 15.5 Å². The Labute approximate surface area is 214 Å². The number of benzene rings is 1. The smallest absolute Gasteiger partial charge is 0.253 e. The molecule has 35 heavy (non-hydrogen) atoms. The molecule has 198 valence electrons. The number of hydrogen-bond donors (Lipinski definition) is 2. The number of unbranched alkanes of at least 4 members (excludes halogenated alkanes) is 13. The molecule has 1 aromatic carbocycles. The van der Waals surface area contributed by atoms with Crippen LogP contribution >= 0.6 is 0 Å². The molecule has 2 amide bonds. The molecule has 2 rings (SSSR count). The van der Waals surface area contributed by atoms with Crippen molar-refractivity contribution in [2.45, 2.75) is 116 Å². The van der Waals surface area contributed by atoms with Crippen LogP contribution in [0.5, 0.6) is 0 Å². The summed E-state index contributed by atoms with van der Waals surface area (Å²) in [4.78, 5) is 26.9. The number of piperidine rings is 1. The number of amides is 2. The Kier molecular flexibility index (Phi) is 16.2. The lowest BCUT2D eigenvalue weighted by Gasteiger charge is -2.26. The fourth-order valence-corrected chi connectivity index (χ4v) is 4.86. The van der Waals surface area contributed by atoms with E-state index in [4.69, 9.17) is 0 Å². The largest absolute Gasteiger partial charge is 0.339 e. The highest BCUT2D eigenvalue weighted by Gasteiger charge is 2.18. The van der Waals surface area contributed by atoms with Gasteiger partial charge >= 0.3 is 0 Å². The number of nitrogens with zero attached hydrogens (tertiary/aromatic N) is 1. The Balaban J connectivity index is 1.43. The standard InChI is InChI=1S/C30H51N3O2/c1-2-3-4-5-6-7-8-9-10-11-12-13-14-16-22-31-26-29(34)32-28-21-19-20-27(25-28)30(35)33-23-17-15-18-24-33/h19-21,25,31H,2-18,22-24,26H2,1H3,(H,32,34). The van der Waals surface area contributed by atoms with E-state index in [1.165, 1.54) is 89.9 Å². The molecule has 1 saturated heterocycles. The summed E-state index contributed by atoms with van der Waals surface area (Å²) in [5.41, 5.74) is 1.34. The molecule has 0 atom stereocenters. The van der Waals surface area contributed by atoms with E-state index >= 15 is 0 Å². The number of nitrogens with one attached hydrogen (secondary N) is 2. The molecular weight excluding hydrogens is 434 g/mol. The predicted octanol–water partition coefficient (Wildman–Crippen LogP) is 7.32. The first-order valence-electron chi connectivity index (χ1n) is 14.6. The minimum atomic E-state index is -0.0575. The Morgan fingerprint density at radius 2 is 1.34 bits per heavy atom. The van der Waals surface area contributed by atoms with Gasteiger partial charge in [0.05, 0.1) is 6.54 Å². The molecule has 1 aliphatic rings. The maximum atomic E-state index is 12.7. The van der Waals surface area contributed by atoms with E-state index in [0.717, 1.165) is 38.9 Å². The molecule has 1 aromatic rings. The van der Waals surface area contributed by atoms with Gasteiger partial charge in [0.2, 0.25) is 5.91 Å². The summed E-state index contributed by atoms with van der Waals surface area (Å²) in [6, 6.07) is 7.32. The summed E-state index contributed by atoms with van der Waals surface area (Å²) >= 11 is 0. The Hall–Kier alpha value is -1.88. The zero-order valence-electron chi connectivity index (χ0n) is 22.4. The van der Waals surface area contributed by atoms with Crippen molar-refractivity contribution in [2.24, 2.45) is 0 Å². The fraction of sp³-hybridized carbons (Fsp3) is 0.733. The van der Waals surface area contributed by atoms with Crippen molar-refractivity contribution in [3.63, 3.8) is 0 Å². The SMILES string of the molecule is CCCCCCCCCCCCCCCCNCC(=O)Nc1cccc(C(=O)N2CCCCC2)c1. The number of hydrogen-bond acceptors (Lipinski definition) is 3. The van der Waals surface area contributed by atoms with Gasteiger partial charge in [0.25, 0.3) is 5.91 Å². The summed E-state index contributed by atoms with van der Waals surface area (Å²) < 4.78 is 0. The van der Waals surface area contributed by atoms with Crippen LogP contribution in [0.2, 0.25) is 0 Å². The molecule has 1 fully saturated rings. The molecule has 0 aliphatic carbocycles. The summed E-state index contributed by atoms with van der Waals surface area (Å²) in [5.74, 6) is 0.00895. The van der Waals surface area contributed by atoms with Crippen molar-refractivity contribution in [2.75, 3.05) is 31.5 Å². The lowest BCUT2D eigenvalue weighted by molar-refractivity contribution is -0.115. The van der Waals surface area contributed by atoms with Gasteiger partial charge in [-0.05, 0) is 50.4 Å². The maximum absolute atomic E-state index is 12.7. The summed E-state index contributed by atoms with van der Waals surface area (Å²) in [6.45, 7) is 5.12. The number of carbonyl (C=O) groups is 2. The summed E-state index contributed by atoms with van der Waals surface area (Å²) in [7, 11) is 0. The van der Waals surface area contributed by atoms with Crippen molar-refractivity contribution in [1.82, 2.24) is 10.2 Å². The second kappa shape index (κ2) is 19.3. The average molecular weight is 486 g/mol. The zero-order chi connectivity index (χ0) is 25.0. The van der Waals surface area contributed by atoms with Crippen molar-refractivity contribution >= 4 is 17.5 Å². The van der Waals surface area contributed by atoms with Gasteiger partial charge in [-0.15, -0.1) is 0 Å². The molecule has 2 N–H and O–H groups in total. The van der Waals surface area contributed by atoms with Gasteiger partial charge in [-0.1, -0.05) is 96.5 Å². The third-order valence-electron chi connectivity index (χ3n) is 7.03. The molecule has 0 saturated carbocycles. The molecule has 0 spiro atoms. The first-order chi connectivity index (χ1) is 17.2. The van der Waals surface area contributed by atoms with Crippen LogP contribution in [0, 0.1) is 0 Å². The number of carbonyl (C=O) groups excluding carboxylic acids is 2. The van der Waals surface area contributed by atoms with Gasteiger partial charge in [-0.3, -0.25) is 9.59 Å². The zero-order valence-corrected chi connectivity index (χ0v) is 22.4. The first kappa shape index (κ1) is 29.4. The molecule has 0 bridgehead atoms. The maximum Gasteiger partial charge on any atom is 0.253 e. The molecule has 0 unspecified atom stereocenters. The molecule has 0 radical (unpaired) electrons. The molecule has 5 nitrogen and oxygen atoms in total. The quantitative estimate of drug-likeness (QED) is 0.202. The van der Waals surface area contributed by atoms with E-state index in [-0.39, 0.29) is 11.8 Å². The van der Waals surface area contributed by atoms with Crippen LogP contribution < -0.4 is 10.6 Å². The highest BCUT2D eigenvalue weighted by molar-refractivity contribution is 5.97. The molecule has 0 aromatic heterocycles. The Morgan fingerprint density at radius 3 is 1.94 bits per heavy atom. The van der Waals surface area contributed by atoms with Crippen molar-refractivity contribution in [3.05, 3.63) is 29.8 Å². The third-order valence-corrected chi connectivity index (χ3v) is 7.03. The molecule has 5 heteroatoms. The monoisotopic (exact) mass is 485 g/mol.